The summed E-state index contributed by atoms with van der Waals surface area (Å²) in [5.41, 5.74) is 0.608. The fourth-order valence-electron chi connectivity index (χ4n) is 1.31. The summed E-state index contributed by atoms with van der Waals surface area (Å²) in [6, 6.07) is 3.60. The van der Waals surface area contributed by atoms with Gasteiger partial charge in [-0.15, -0.1) is 0 Å². The van der Waals surface area contributed by atoms with Gasteiger partial charge in [-0.25, -0.2) is 0 Å². The number of benzene rings is 1. The molecule has 0 bridgehead atoms. The molecule has 2 rings (SSSR count). The van der Waals surface area contributed by atoms with E-state index in [0.29, 0.717) is 16.2 Å². The SMILES string of the molecule is Cc1n[nH]c(=S)n1/N=C\c1cc(Br)cc(I)c1O. The third-order valence-corrected chi connectivity index (χ3v) is 3.73. The van der Waals surface area contributed by atoms with Crippen LogP contribution in [0.15, 0.2) is 21.7 Å². The number of aryl methyl sites for hydroxylation is 1. The third-order valence-electron chi connectivity index (χ3n) is 2.18. The van der Waals surface area contributed by atoms with Gasteiger partial charge in [-0.3, -0.25) is 5.10 Å². The fraction of sp³-hybridized carbons (Fsp3) is 0.100. The molecule has 1 aromatic carbocycles. The van der Waals surface area contributed by atoms with Gasteiger partial charge in [-0.1, -0.05) is 15.9 Å². The molecule has 0 unspecified atom stereocenters. The molecule has 0 fully saturated rings. The maximum Gasteiger partial charge on any atom is 0.216 e. The lowest BCUT2D eigenvalue weighted by Gasteiger charge is -2.02. The molecular weight excluding hydrogens is 431 g/mol. The van der Waals surface area contributed by atoms with Crippen molar-refractivity contribution in [2.75, 3.05) is 0 Å². The summed E-state index contributed by atoms with van der Waals surface area (Å²) in [6.45, 7) is 1.79. The Bertz CT molecular complexity index is 679. The number of aromatic hydroxyl groups is 1. The van der Waals surface area contributed by atoms with E-state index < -0.39 is 0 Å². The normalized spacial score (nSPS) is 11.3. The zero-order chi connectivity index (χ0) is 13.3. The van der Waals surface area contributed by atoms with Gasteiger partial charge < -0.3 is 5.11 Å². The molecule has 1 heterocycles. The summed E-state index contributed by atoms with van der Waals surface area (Å²) >= 11 is 10.5. The molecule has 0 radical (unpaired) electrons. The van der Waals surface area contributed by atoms with Gasteiger partial charge in [0.1, 0.15) is 11.6 Å². The molecule has 0 aliphatic carbocycles. The summed E-state index contributed by atoms with van der Waals surface area (Å²) in [5.74, 6) is 0.843. The van der Waals surface area contributed by atoms with Gasteiger partial charge in [-0.05, 0) is 53.9 Å². The highest BCUT2D eigenvalue weighted by molar-refractivity contribution is 14.1. The number of phenolic OH excluding ortho intramolecular Hbond substituents is 1. The number of nitrogens with zero attached hydrogens (tertiary/aromatic N) is 3. The van der Waals surface area contributed by atoms with Crippen LogP contribution in [0.25, 0.3) is 0 Å². The first kappa shape index (κ1) is 13.7. The van der Waals surface area contributed by atoms with E-state index in [4.69, 9.17) is 12.2 Å². The highest BCUT2D eigenvalue weighted by Crippen LogP contribution is 2.27. The van der Waals surface area contributed by atoms with Gasteiger partial charge in [0.15, 0.2) is 0 Å². The van der Waals surface area contributed by atoms with Crippen molar-refractivity contribution in [1.82, 2.24) is 14.9 Å². The van der Waals surface area contributed by atoms with Crippen molar-refractivity contribution in [2.24, 2.45) is 5.10 Å². The van der Waals surface area contributed by atoms with Crippen LogP contribution in [0.4, 0.5) is 0 Å². The highest BCUT2D eigenvalue weighted by atomic mass is 127. The van der Waals surface area contributed by atoms with Crippen LogP contribution in [0.5, 0.6) is 5.75 Å². The molecule has 0 aliphatic heterocycles. The van der Waals surface area contributed by atoms with Crippen LogP contribution in [0.2, 0.25) is 0 Å². The standard InChI is InChI=1S/C10H8BrIN4OS/c1-5-14-15-10(18)16(5)13-4-6-2-7(11)3-8(12)9(6)17/h2-4,17H,1H3,(H,15,18)/b13-4-. The monoisotopic (exact) mass is 438 g/mol. The van der Waals surface area contributed by atoms with Crippen molar-refractivity contribution in [3.8, 4) is 5.75 Å². The van der Waals surface area contributed by atoms with Crippen molar-refractivity contribution in [3.63, 3.8) is 0 Å². The minimum atomic E-state index is 0.190. The average Bonchev–Trinajstić information content (AvgIpc) is 2.62. The van der Waals surface area contributed by atoms with Gasteiger partial charge in [0.05, 0.1) is 9.78 Å². The third kappa shape index (κ3) is 2.81. The first-order valence-electron chi connectivity index (χ1n) is 4.85. The number of phenols is 1. The topological polar surface area (TPSA) is 66.2 Å². The predicted molar refractivity (Wildman–Crippen MR) is 83.7 cm³/mol. The zero-order valence-corrected chi connectivity index (χ0v) is 13.7. The van der Waals surface area contributed by atoms with Crippen molar-refractivity contribution in [1.29, 1.82) is 0 Å². The summed E-state index contributed by atoms with van der Waals surface area (Å²) in [6.07, 6.45) is 1.54. The van der Waals surface area contributed by atoms with Gasteiger partial charge in [0.2, 0.25) is 4.77 Å². The van der Waals surface area contributed by atoms with E-state index >= 15 is 0 Å². The Labute approximate surface area is 130 Å². The molecule has 0 aliphatic rings. The number of aromatic amines is 1. The van der Waals surface area contributed by atoms with Crippen LogP contribution in [0.3, 0.4) is 0 Å². The van der Waals surface area contributed by atoms with E-state index in [1.165, 1.54) is 4.68 Å². The van der Waals surface area contributed by atoms with Crippen molar-refractivity contribution >= 4 is 57.0 Å². The lowest BCUT2D eigenvalue weighted by Crippen LogP contribution is -1.94. The summed E-state index contributed by atoms with van der Waals surface area (Å²) < 4.78 is 3.52. The average molecular weight is 439 g/mol. The fourth-order valence-corrected chi connectivity index (χ4v) is 3.09. The Balaban J connectivity index is 2.44. The maximum atomic E-state index is 9.91. The van der Waals surface area contributed by atoms with Crippen molar-refractivity contribution in [2.45, 2.75) is 6.92 Å². The number of hydrogen-bond donors (Lipinski definition) is 2. The molecule has 0 saturated carbocycles. The molecule has 0 atom stereocenters. The smallest absolute Gasteiger partial charge is 0.216 e. The molecular formula is C10H8BrIN4OS. The van der Waals surface area contributed by atoms with Crippen LogP contribution < -0.4 is 0 Å². The number of nitrogens with one attached hydrogen (secondary N) is 1. The van der Waals surface area contributed by atoms with Crippen molar-refractivity contribution < 1.29 is 5.11 Å². The van der Waals surface area contributed by atoms with E-state index in [1.54, 1.807) is 19.2 Å². The molecule has 2 N–H and O–H groups in total. The largest absolute Gasteiger partial charge is 0.506 e. The van der Waals surface area contributed by atoms with Gasteiger partial charge in [0, 0.05) is 10.0 Å². The van der Waals surface area contributed by atoms with E-state index in [-0.39, 0.29) is 5.75 Å². The zero-order valence-electron chi connectivity index (χ0n) is 9.19. The highest BCUT2D eigenvalue weighted by Gasteiger charge is 2.05. The number of H-pyrrole nitrogens is 1. The molecule has 18 heavy (non-hydrogen) atoms. The summed E-state index contributed by atoms with van der Waals surface area (Å²) in [4.78, 5) is 0. The molecule has 2 aromatic rings. The van der Waals surface area contributed by atoms with E-state index in [9.17, 15) is 5.11 Å². The molecule has 0 saturated heterocycles. The Hall–Kier alpha value is -0.740. The van der Waals surface area contributed by atoms with Crippen LogP contribution >= 0.6 is 50.7 Å². The molecule has 0 amide bonds. The Kier molecular flexibility index (Phi) is 4.17. The van der Waals surface area contributed by atoms with Gasteiger partial charge in [-0.2, -0.15) is 14.9 Å². The summed E-state index contributed by atoms with van der Waals surface area (Å²) in [7, 11) is 0. The lowest BCUT2D eigenvalue weighted by atomic mass is 10.2. The molecule has 94 valence electrons. The first-order chi connectivity index (χ1) is 8.49. The van der Waals surface area contributed by atoms with Crippen LogP contribution in [0.1, 0.15) is 11.4 Å². The van der Waals surface area contributed by atoms with Crippen LogP contribution in [-0.2, 0) is 0 Å². The lowest BCUT2D eigenvalue weighted by molar-refractivity contribution is 0.470. The van der Waals surface area contributed by atoms with Gasteiger partial charge >= 0.3 is 0 Å². The second-order valence-corrected chi connectivity index (χ2v) is 5.92. The quantitative estimate of drug-likeness (QED) is 0.430. The molecule has 5 nitrogen and oxygen atoms in total. The maximum absolute atomic E-state index is 9.91. The second-order valence-electron chi connectivity index (χ2n) is 3.46. The minimum absolute atomic E-state index is 0.190. The van der Waals surface area contributed by atoms with Crippen LogP contribution in [-0.4, -0.2) is 26.2 Å². The van der Waals surface area contributed by atoms with E-state index in [0.717, 1.165) is 8.04 Å². The number of halogens is 2. The molecule has 0 spiro atoms. The predicted octanol–water partition coefficient (Wildman–Crippen LogP) is 3.20. The van der Waals surface area contributed by atoms with Gasteiger partial charge in [0.25, 0.3) is 0 Å². The molecule has 8 heteroatoms. The Morgan fingerprint density at radius 2 is 2.33 bits per heavy atom. The van der Waals surface area contributed by atoms with Crippen molar-refractivity contribution in [3.05, 3.63) is 36.3 Å². The van der Waals surface area contributed by atoms with Crippen LogP contribution in [0, 0.1) is 15.3 Å². The first-order valence-corrected chi connectivity index (χ1v) is 7.13. The molecule has 1 aromatic heterocycles. The minimum Gasteiger partial charge on any atom is -0.506 e. The van der Waals surface area contributed by atoms with E-state index in [1.807, 2.05) is 6.07 Å². The summed E-state index contributed by atoms with van der Waals surface area (Å²) in [5, 5.41) is 20.7. The second kappa shape index (κ2) is 5.49. The Morgan fingerprint density at radius 3 is 2.94 bits per heavy atom. The Morgan fingerprint density at radius 1 is 1.61 bits per heavy atom. The number of hydrogen-bond acceptors (Lipinski definition) is 4. The van der Waals surface area contributed by atoms with E-state index in [2.05, 4.69) is 53.8 Å². The number of aromatic nitrogens is 3. The number of rotatable bonds is 2.